The highest BCUT2D eigenvalue weighted by Crippen LogP contribution is 2.22. The summed E-state index contributed by atoms with van der Waals surface area (Å²) in [5, 5.41) is 0. The maximum absolute atomic E-state index is 4.39. The van der Waals surface area contributed by atoms with E-state index in [0.717, 1.165) is 6.54 Å². The molecule has 0 N–H and O–H groups in total. The van der Waals surface area contributed by atoms with Crippen molar-refractivity contribution >= 4 is 6.21 Å². The van der Waals surface area contributed by atoms with Gasteiger partial charge in [0.25, 0.3) is 0 Å². The van der Waals surface area contributed by atoms with Crippen LogP contribution < -0.4 is 0 Å². The van der Waals surface area contributed by atoms with E-state index in [2.05, 4.69) is 41.2 Å². The summed E-state index contributed by atoms with van der Waals surface area (Å²) >= 11 is 0. The van der Waals surface area contributed by atoms with Crippen LogP contribution in [0.25, 0.3) is 0 Å². The van der Waals surface area contributed by atoms with Gasteiger partial charge in [0.1, 0.15) is 6.17 Å². The van der Waals surface area contributed by atoms with Gasteiger partial charge in [0, 0.05) is 12.8 Å². The zero-order valence-corrected chi connectivity index (χ0v) is 7.14. The molecule has 1 aliphatic heterocycles. The van der Waals surface area contributed by atoms with Gasteiger partial charge in [-0.15, -0.1) is 0 Å². The normalized spacial score (nSPS) is 23.2. The van der Waals surface area contributed by atoms with E-state index in [1.165, 1.54) is 5.56 Å². The molecule has 0 saturated heterocycles. The van der Waals surface area contributed by atoms with Crippen molar-refractivity contribution in [3.05, 3.63) is 35.9 Å². The number of hydrogen-bond acceptors (Lipinski definition) is 2. The van der Waals surface area contributed by atoms with Crippen LogP contribution in [-0.4, -0.2) is 24.7 Å². The summed E-state index contributed by atoms with van der Waals surface area (Å²) in [6, 6.07) is 10.4. The molecule has 0 radical (unpaired) electrons. The summed E-state index contributed by atoms with van der Waals surface area (Å²) < 4.78 is 0. The summed E-state index contributed by atoms with van der Waals surface area (Å²) in [6.45, 7) is 0.958. The highest BCUT2D eigenvalue weighted by Gasteiger charge is 2.17. The summed E-state index contributed by atoms with van der Waals surface area (Å²) in [6.07, 6.45) is 2.21. The van der Waals surface area contributed by atoms with E-state index >= 15 is 0 Å². The molecule has 0 aliphatic carbocycles. The largest absolute Gasteiger partial charge is 0.276 e. The minimum atomic E-state index is 0.242. The van der Waals surface area contributed by atoms with Crippen LogP contribution in [0.1, 0.15) is 11.7 Å². The van der Waals surface area contributed by atoms with Gasteiger partial charge in [-0.2, -0.15) is 0 Å². The molecule has 62 valence electrons. The predicted molar refractivity (Wildman–Crippen MR) is 50.3 cm³/mol. The molecule has 1 unspecified atom stereocenters. The van der Waals surface area contributed by atoms with Crippen molar-refractivity contribution in [1.82, 2.24) is 4.90 Å². The molecule has 1 atom stereocenters. The molecule has 1 aliphatic rings. The Morgan fingerprint density at radius 2 is 2.08 bits per heavy atom. The number of rotatable bonds is 1. The van der Waals surface area contributed by atoms with Gasteiger partial charge in [0.2, 0.25) is 0 Å². The van der Waals surface area contributed by atoms with Crippen LogP contribution in [0.2, 0.25) is 0 Å². The van der Waals surface area contributed by atoms with Gasteiger partial charge >= 0.3 is 0 Å². The number of benzene rings is 1. The molecule has 1 heterocycles. The Kier molecular flexibility index (Phi) is 1.92. The second kappa shape index (κ2) is 3.07. The van der Waals surface area contributed by atoms with Crippen molar-refractivity contribution in [2.75, 3.05) is 13.6 Å². The smallest absolute Gasteiger partial charge is 0.127 e. The van der Waals surface area contributed by atoms with Gasteiger partial charge in [-0.3, -0.25) is 9.89 Å². The minimum absolute atomic E-state index is 0.242. The Bertz CT molecular complexity index is 279. The lowest BCUT2D eigenvalue weighted by Gasteiger charge is -2.17. The molecular weight excluding hydrogens is 148 g/mol. The van der Waals surface area contributed by atoms with Crippen molar-refractivity contribution in [3.8, 4) is 0 Å². The van der Waals surface area contributed by atoms with Crippen molar-refractivity contribution in [1.29, 1.82) is 0 Å². The van der Waals surface area contributed by atoms with E-state index < -0.39 is 0 Å². The van der Waals surface area contributed by atoms with Crippen LogP contribution in [0.15, 0.2) is 35.3 Å². The second-order valence-corrected chi connectivity index (χ2v) is 3.06. The fourth-order valence-electron chi connectivity index (χ4n) is 1.46. The lowest BCUT2D eigenvalue weighted by molar-refractivity contribution is 0.313. The average Bonchev–Trinajstić information content (AvgIpc) is 2.53. The SMILES string of the molecule is CN1CC=NC1c1ccccc1. The molecule has 0 fully saturated rings. The van der Waals surface area contributed by atoms with Gasteiger partial charge in [-0.05, 0) is 12.6 Å². The molecule has 0 saturated carbocycles. The Balaban J connectivity index is 2.25. The highest BCUT2D eigenvalue weighted by atomic mass is 15.3. The summed E-state index contributed by atoms with van der Waals surface area (Å²) in [5.41, 5.74) is 1.27. The van der Waals surface area contributed by atoms with Crippen LogP contribution in [-0.2, 0) is 0 Å². The average molecular weight is 160 g/mol. The maximum Gasteiger partial charge on any atom is 0.127 e. The second-order valence-electron chi connectivity index (χ2n) is 3.06. The lowest BCUT2D eigenvalue weighted by atomic mass is 10.2. The Hall–Kier alpha value is -1.15. The third kappa shape index (κ3) is 1.25. The van der Waals surface area contributed by atoms with Crippen LogP contribution in [0, 0.1) is 0 Å². The van der Waals surface area contributed by atoms with E-state index in [9.17, 15) is 0 Å². The molecule has 12 heavy (non-hydrogen) atoms. The minimum Gasteiger partial charge on any atom is -0.276 e. The van der Waals surface area contributed by atoms with E-state index in [-0.39, 0.29) is 6.17 Å². The first-order valence-corrected chi connectivity index (χ1v) is 4.15. The monoisotopic (exact) mass is 160 g/mol. The van der Waals surface area contributed by atoms with Crippen LogP contribution in [0.4, 0.5) is 0 Å². The maximum atomic E-state index is 4.39. The van der Waals surface area contributed by atoms with E-state index in [1.54, 1.807) is 0 Å². The summed E-state index contributed by atoms with van der Waals surface area (Å²) in [4.78, 5) is 6.61. The van der Waals surface area contributed by atoms with Crippen molar-refractivity contribution < 1.29 is 0 Å². The zero-order valence-electron chi connectivity index (χ0n) is 7.14. The fourth-order valence-corrected chi connectivity index (χ4v) is 1.46. The Morgan fingerprint density at radius 1 is 1.33 bits per heavy atom. The summed E-state index contributed by atoms with van der Waals surface area (Å²) in [7, 11) is 2.09. The quantitative estimate of drug-likeness (QED) is 0.610. The Morgan fingerprint density at radius 3 is 2.67 bits per heavy atom. The molecule has 1 aromatic carbocycles. The first-order chi connectivity index (χ1) is 5.88. The third-order valence-electron chi connectivity index (χ3n) is 2.13. The molecule has 2 nitrogen and oxygen atoms in total. The molecule has 0 amide bonds. The molecule has 0 aromatic heterocycles. The van der Waals surface area contributed by atoms with Gasteiger partial charge in [-0.1, -0.05) is 30.3 Å². The summed E-state index contributed by atoms with van der Waals surface area (Å²) in [5.74, 6) is 0. The van der Waals surface area contributed by atoms with E-state index in [0.29, 0.717) is 0 Å². The van der Waals surface area contributed by atoms with Gasteiger partial charge < -0.3 is 0 Å². The standard InChI is InChI=1S/C10H12N2/c1-12-8-7-11-10(12)9-5-3-2-4-6-9/h2-7,10H,8H2,1H3. The Labute approximate surface area is 72.5 Å². The van der Waals surface area contributed by atoms with Crippen LogP contribution in [0.3, 0.4) is 0 Å². The number of aliphatic imine (C=N–C) groups is 1. The fraction of sp³-hybridized carbons (Fsp3) is 0.300. The zero-order chi connectivity index (χ0) is 8.39. The first-order valence-electron chi connectivity index (χ1n) is 4.15. The first kappa shape index (κ1) is 7.50. The highest BCUT2D eigenvalue weighted by molar-refractivity contribution is 5.62. The third-order valence-corrected chi connectivity index (χ3v) is 2.13. The molecule has 0 spiro atoms. The number of hydrogen-bond donors (Lipinski definition) is 0. The van der Waals surface area contributed by atoms with Crippen LogP contribution in [0.5, 0.6) is 0 Å². The van der Waals surface area contributed by atoms with Gasteiger partial charge in [0.15, 0.2) is 0 Å². The van der Waals surface area contributed by atoms with E-state index in [1.807, 2.05) is 12.3 Å². The van der Waals surface area contributed by atoms with Gasteiger partial charge in [0.05, 0.1) is 0 Å². The number of nitrogens with zero attached hydrogens (tertiary/aromatic N) is 2. The van der Waals surface area contributed by atoms with Crippen molar-refractivity contribution in [2.24, 2.45) is 4.99 Å². The molecular formula is C10H12N2. The van der Waals surface area contributed by atoms with Crippen molar-refractivity contribution in [3.63, 3.8) is 0 Å². The lowest BCUT2D eigenvalue weighted by Crippen LogP contribution is -2.18. The molecule has 1 aromatic rings. The van der Waals surface area contributed by atoms with E-state index in [4.69, 9.17) is 0 Å². The molecule has 2 heteroatoms. The molecule has 0 bridgehead atoms. The van der Waals surface area contributed by atoms with Crippen molar-refractivity contribution in [2.45, 2.75) is 6.17 Å². The van der Waals surface area contributed by atoms with Crippen LogP contribution >= 0.6 is 0 Å². The van der Waals surface area contributed by atoms with Gasteiger partial charge in [-0.25, -0.2) is 0 Å². The topological polar surface area (TPSA) is 15.6 Å². The molecule has 2 rings (SSSR count). The predicted octanol–water partition coefficient (Wildman–Crippen LogP) is 1.70.